The predicted octanol–water partition coefficient (Wildman–Crippen LogP) is 13.7. The Morgan fingerprint density at radius 2 is 1.02 bits per heavy atom. The van der Waals surface area contributed by atoms with Crippen LogP contribution in [0.4, 0.5) is 5.69 Å². The number of nitrogens with zero attached hydrogens (tertiary/aromatic N) is 3. The normalized spacial score (nSPS) is 11.4. The molecule has 0 amide bonds. The standard InChI is InChI=1S/C50H31N3/c1-51-38-28-29-47-46(32-38)52-50(45-25-12-7-20-40(45)34-15-3-2-4-16-34)53(47)39-19-13-18-36(31-39)48-41-21-8-10-23-43(41)49(44-24-11-9-22-42(44)48)37-27-26-33-14-5-6-17-35(33)30-37/h2-32H. The van der Waals surface area contributed by atoms with Crippen molar-refractivity contribution < 1.29 is 0 Å². The molecule has 0 radical (unpaired) electrons. The van der Waals surface area contributed by atoms with Gasteiger partial charge < -0.3 is 0 Å². The number of hydrogen-bond acceptors (Lipinski definition) is 1. The number of rotatable bonds is 5. The molecule has 0 saturated heterocycles. The van der Waals surface area contributed by atoms with E-state index in [4.69, 9.17) is 11.6 Å². The van der Waals surface area contributed by atoms with E-state index in [1.54, 1.807) is 0 Å². The van der Waals surface area contributed by atoms with Crippen molar-refractivity contribution in [2.45, 2.75) is 0 Å². The molecule has 0 saturated carbocycles. The van der Waals surface area contributed by atoms with Crippen LogP contribution in [0.1, 0.15) is 0 Å². The van der Waals surface area contributed by atoms with E-state index < -0.39 is 0 Å². The minimum atomic E-state index is 0.572. The summed E-state index contributed by atoms with van der Waals surface area (Å²) in [5.74, 6) is 0.833. The number of aromatic nitrogens is 2. The highest BCUT2D eigenvalue weighted by Crippen LogP contribution is 2.45. The Hall–Kier alpha value is -7.28. The summed E-state index contributed by atoms with van der Waals surface area (Å²) in [5.41, 5.74) is 11.4. The molecule has 0 aliphatic heterocycles. The highest BCUT2D eigenvalue weighted by Gasteiger charge is 2.21. The fourth-order valence-electron chi connectivity index (χ4n) is 8.02. The van der Waals surface area contributed by atoms with Gasteiger partial charge in [-0.1, -0.05) is 158 Å². The van der Waals surface area contributed by atoms with Gasteiger partial charge in [-0.3, -0.25) is 4.57 Å². The van der Waals surface area contributed by atoms with Crippen LogP contribution in [0.2, 0.25) is 0 Å². The van der Waals surface area contributed by atoms with Gasteiger partial charge in [0.25, 0.3) is 0 Å². The molecule has 0 unspecified atom stereocenters. The Bertz CT molecular complexity index is 3020. The fraction of sp³-hybridized carbons (Fsp3) is 0. The third kappa shape index (κ3) is 5.08. The van der Waals surface area contributed by atoms with Gasteiger partial charge in [-0.15, -0.1) is 0 Å². The predicted molar refractivity (Wildman–Crippen MR) is 222 cm³/mol. The molecule has 1 heterocycles. The smallest absolute Gasteiger partial charge is 0.189 e. The molecule has 0 fully saturated rings. The quantitative estimate of drug-likeness (QED) is 0.132. The molecule has 53 heavy (non-hydrogen) atoms. The van der Waals surface area contributed by atoms with E-state index in [1.165, 1.54) is 49.0 Å². The van der Waals surface area contributed by atoms with Crippen LogP contribution in [-0.4, -0.2) is 9.55 Å². The van der Waals surface area contributed by atoms with Crippen LogP contribution < -0.4 is 0 Å². The zero-order valence-corrected chi connectivity index (χ0v) is 28.7. The van der Waals surface area contributed by atoms with Crippen molar-refractivity contribution in [3.63, 3.8) is 0 Å². The minimum absolute atomic E-state index is 0.572. The van der Waals surface area contributed by atoms with E-state index in [9.17, 15) is 0 Å². The summed E-state index contributed by atoms with van der Waals surface area (Å²) in [7, 11) is 0. The third-order valence-electron chi connectivity index (χ3n) is 10.4. The SMILES string of the molecule is [C-]#[N+]c1ccc2c(c1)nc(-c1ccccc1-c1ccccc1)n2-c1cccc(-c2c3ccccc3c(-c3ccc4ccccc4c3)c3ccccc23)c1. The Labute approximate surface area is 307 Å². The fourth-order valence-corrected chi connectivity index (χ4v) is 8.02. The van der Waals surface area contributed by atoms with Crippen molar-refractivity contribution in [3.05, 3.63) is 199 Å². The Morgan fingerprint density at radius 3 is 1.72 bits per heavy atom. The lowest BCUT2D eigenvalue weighted by Crippen LogP contribution is -1.99. The largest absolute Gasteiger partial charge is 0.292 e. The van der Waals surface area contributed by atoms with Gasteiger partial charge in [0.2, 0.25) is 0 Å². The molecule has 10 rings (SSSR count). The van der Waals surface area contributed by atoms with Gasteiger partial charge >= 0.3 is 0 Å². The van der Waals surface area contributed by atoms with E-state index in [1.807, 2.05) is 24.3 Å². The summed E-state index contributed by atoms with van der Waals surface area (Å²) in [4.78, 5) is 8.97. The molecule has 9 aromatic carbocycles. The molecule has 0 bridgehead atoms. The highest BCUT2D eigenvalue weighted by molar-refractivity contribution is 6.21. The maximum absolute atomic E-state index is 7.71. The number of fused-ring (bicyclic) bond motifs is 4. The third-order valence-corrected chi connectivity index (χ3v) is 10.4. The molecule has 0 aliphatic rings. The average Bonchev–Trinajstić information content (AvgIpc) is 3.61. The monoisotopic (exact) mass is 673 g/mol. The van der Waals surface area contributed by atoms with Crippen molar-refractivity contribution in [1.29, 1.82) is 0 Å². The van der Waals surface area contributed by atoms with E-state index in [0.717, 1.165) is 44.8 Å². The van der Waals surface area contributed by atoms with Crippen molar-refractivity contribution in [1.82, 2.24) is 9.55 Å². The minimum Gasteiger partial charge on any atom is -0.292 e. The van der Waals surface area contributed by atoms with Gasteiger partial charge in [-0.25, -0.2) is 9.83 Å². The molecule has 0 N–H and O–H groups in total. The maximum atomic E-state index is 7.71. The zero-order chi connectivity index (χ0) is 35.3. The van der Waals surface area contributed by atoms with Gasteiger partial charge in [0.15, 0.2) is 5.69 Å². The van der Waals surface area contributed by atoms with Gasteiger partial charge in [0.1, 0.15) is 5.82 Å². The molecule has 246 valence electrons. The number of benzene rings is 9. The Balaban J connectivity index is 1.23. The van der Waals surface area contributed by atoms with E-state index in [2.05, 4.69) is 173 Å². The van der Waals surface area contributed by atoms with Gasteiger partial charge in [-0.05, 0) is 96.0 Å². The summed E-state index contributed by atoms with van der Waals surface area (Å²) in [5, 5.41) is 7.33. The molecule has 1 aromatic heterocycles. The van der Waals surface area contributed by atoms with Crippen molar-refractivity contribution in [2.24, 2.45) is 0 Å². The Morgan fingerprint density at radius 1 is 0.434 bits per heavy atom. The summed E-state index contributed by atoms with van der Waals surface area (Å²) in [6, 6.07) is 66.5. The Kier molecular flexibility index (Phi) is 7.20. The van der Waals surface area contributed by atoms with Crippen molar-refractivity contribution >= 4 is 49.0 Å². The first kappa shape index (κ1) is 30.5. The molecular weight excluding hydrogens is 643 g/mol. The van der Waals surface area contributed by atoms with Crippen LogP contribution in [0.5, 0.6) is 0 Å². The number of imidazole rings is 1. The van der Waals surface area contributed by atoms with Crippen molar-refractivity contribution in [3.8, 4) is 50.5 Å². The molecule has 10 aromatic rings. The first-order chi connectivity index (χ1) is 26.2. The first-order valence-corrected chi connectivity index (χ1v) is 17.8. The molecule has 0 atom stereocenters. The topological polar surface area (TPSA) is 22.2 Å². The summed E-state index contributed by atoms with van der Waals surface area (Å²) in [6.45, 7) is 7.71. The van der Waals surface area contributed by atoms with Gasteiger partial charge in [0, 0.05) is 11.3 Å². The number of hydrogen-bond donors (Lipinski definition) is 0. The van der Waals surface area contributed by atoms with E-state index in [-0.39, 0.29) is 0 Å². The summed E-state index contributed by atoms with van der Waals surface area (Å²) in [6.07, 6.45) is 0. The lowest BCUT2D eigenvalue weighted by Gasteiger charge is -2.19. The van der Waals surface area contributed by atoms with Crippen molar-refractivity contribution in [2.75, 3.05) is 0 Å². The second-order valence-electron chi connectivity index (χ2n) is 13.4. The van der Waals surface area contributed by atoms with Crippen LogP contribution in [0.15, 0.2) is 188 Å². The van der Waals surface area contributed by atoms with Crippen LogP contribution in [0, 0.1) is 6.57 Å². The van der Waals surface area contributed by atoms with Crippen LogP contribution >= 0.6 is 0 Å². The lowest BCUT2D eigenvalue weighted by atomic mass is 9.85. The van der Waals surface area contributed by atoms with Crippen LogP contribution in [0.25, 0.3) is 98.7 Å². The lowest BCUT2D eigenvalue weighted by molar-refractivity contribution is 1.10. The molecule has 0 spiro atoms. The van der Waals surface area contributed by atoms with Crippen LogP contribution in [-0.2, 0) is 0 Å². The van der Waals surface area contributed by atoms with Gasteiger partial charge in [-0.2, -0.15) is 0 Å². The molecule has 0 aliphatic carbocycles. The van der Waals surface area contributed by atoms with Crippen LogP contribution in [0.3, 0.4) is 0 Å². The summed E-state index contributed by atoms with van der Waals surface area (Å²) >= 11 is 0. The second kappa shape index (κ2) is 12.5. The second-order valence-corrected chi connectivity index (χ2v) is 13.4. The van der Waals surface area contributed by atoms with E-state index >= 15 is 0 Å². The zero-order valence-electron chi connectivity index (χ0n) is 28.7. The molecule has 3 heteroatoms. The average molecular weight is 674 g/mol. The first-order valence-electron chi connectivity index (χ1n) is 17.8. The summed E-state index contributed by atoms with van der Waals surface area (Å²) < 4.78 is 2.25. The van der Waals surface area contributed by atoms with Gasteiger partial charge in [0.05, 0.1) is 17.6 Å². The van der Waals surface area contributed by atoms with E-state index in [0.29, 0.717) is 5.69 Å². The molecular formula is C50H31N3. The maximum Gasteiger partial charge on any atom is 0.189 e. The highest BCUT2D eigenvalue weighted by atomic mass is 15.1. The molecule has 3 nitrogen and oxygen atoms in total.